The summed E-state index contributed by atoms with van der Waals surface area (Å²) in [5, 5.41) is 7.97. The Bertz CT molecular complexity index is 1180. The summed E-state index contributed by atoms with van der Waals surface area (Å²) < 4.78 is 3.87. The number of rotatable bonds is 0. The Labute approximate surface area is 140 Å². The average Bonchev–Trinajstić information content (AvgIpc) is 2.91. The number of thiophene rings is 1. The van der Waals surface area contributed by atoms with Crippen molar-refractivity contribution in [3.8, 4) is 0 Å². The van der Waals surface area contributed by atoms with Gasteiger partial charge < -0.3 is 0 Å². The molecule has 0 saturated heterocycles. The van der Waals surface area contributed by atoms with Crippen LogP contribution in [0.1, 0.15) is 0 Å². The van der Waals surface area contributed by atoms with E-state index in [2.05, 4.69) is 82.7 Å². The third kappa shape index (κ3) is 1.74. The third-order valence-corrected chi connectivity index (χ3v) is 5.99. The van der Waals surface area contributed by atoms with Crippen LogP contribution < -0.4 is 0 Å². The van der Waals surface area contributed by atoms with Gasteiger partial charge in [-0.1, -0.05) is 52.3 Å². The molecule has 0 bridgehead atoms. The largest absolute Gasteiger partial charge is 0.135 e. The van der Waals surface area contributed by atoms with Crippen molar-refractivity contribution in [2.75, 3.05) is 0 Å². The molecule has 0 radical (unpaired) electrons. The summed E-state index contributed by atoms with van der Waals surface area (Å²) in [5.41, 5.74) is 0. The number of fused-ring (bicyclic) bond motifs is 6. The standard InChI is InChI=1S/C20H11BrS/c21-15-6-8-19-18(11-15)16-7-5-14-9-12-3-1-2-4-13(12)10-17(14)20(16)22-19/h1-11H. The Morgan fingerprint density at radius 1 is 0.636 bits per heavy atom. The predicted molar refractivity (Wildman–Crippen MR) is 102 cm³/mol. The van der Waals surface area contributed by atoms with Gasteiger partial charge in [0.2, 0.25) is 0 Å². The van der Waals surface area contributed by atoms with Crippen LogP contribution in [0.25, 0.3) is 41.7 Å². The number of hydrogen-bond acceptors (Lipinski definition) is 1. The van der Waals surface area contributed by atoms with E-state index in [-0.39, 0.29) is 0 Å². The van der Waals surface area contributed by atoms with Gasteiger partial charge >= 0.3 is 0 Å². The van der Waals surface area contributed by atoms with E-state index in [1.54, 1.807) is 0 Å². The molecule has 0 atom stereocenters. The summed E-state index contributed by atoms with van der Waals surface area (Å²) in [5.74, 6) is 0. The molecule has 1 heterocycles. The molecule has 0 N–H and O–H groups in total. The molecule has 0 unspecified atom stereocenters. The monoisotopic (exact) mass is 362 g/mol. The fraction of sp³-hybridized carbons (Fsp3) is 0. The van der Waals surface area contributed by atoms with Crippen molar-refractivity contribution in [2.24, 2.45) is 0 Å². The quantitative estimate of drug-likeness (QED) is 0.257. The molecule has 0 amide bonds. The fourth-order valence-electron chi connectivity index (χ4n) is 3.22. The summed E-state index contributed by atoms with van der Waals surface area (Å²) >= 11 is 5.48. The Morgan fingerprint density at radius 2 is 1.45 bits per heavy atom. The van der Waals surface area contributed by atoms with Gasteiger partial charge in [0.1, 0.15) is 0 Å². The lowest BCUT2D eigenvalue weighted by atomic mass is 10.0. The van der Waals surface area contributed by atoms with Crippen LogP contribution in [0.3, 0.4) is 0 Å². The lowest BCUT2D eigenvalue weighted by Gasteiger charge is -2.03. The zero-order valence-corrected chi connectivity index (χ0v) is 14.0. The second kappa shape index (κ2) is 4.55. The Hall–Kier alpha value is -1.90. The Kier molecular flexibility index (Phi) is 2.61. The fourth-order valence-corrected chi connectivity index (χ4v) is 4.79. The van der Waals surface area contributed by atoms with E-state index in [0.717, 1.165) is 4.47 Å². The molecule has 0 aliphatic carbocycles. The third-order valence-electron chi connectivity index (χ3n) is 4.28. The second-order valence-electron chi connectivity index (χ2n) is 5.61. The summed E-state index contributed by atoms with van der Waals surface area (Å²) in [6, 6.07) is 24.3. The molecule has 5 aromatic rings. The van der Waals surface area contributed by atoms with Gasteiger partial charge in [-0.25, -0.2) is 0 Å². The maximum atomic E-state index is 3.59. The molecule has 4 aromatic carbocycles. The van der Waals surface area contributed by atoms with Gasteiger partial charge in [-0.2, -0.15) is 0 Å². The predicted octanol–water partition coefficient (Wildman–Crippen LogP) is 7.12. The van der Waals surface area contributed by atoms with Crippen molar-refractivity contribution in [3.63, 3.8) is 0 Å². The lowest BCUT2D eigenvalue weighted by Crippen LogP contribution is -1.76. The molecule has 104 valence electrons. The van der Waals surface area contributed by atoms with E-state index in [0.29, 0.717) is 0 Å². The van der Waals surface area contributed by atoms with E-state index in [1.165, 1.54) is 41.7 Å². The first-order chi connectivity index (χ1) is 10.8. The van der Waals surface area contributed by atoms with E-state index in [9.17, 15) is 0 Å². The molecular formula is C20H11BrS. The molecule has 0 nitrogen and oxygen atoms in total. The molecule has 2 heteroatoms. The first kappa shape index (κ1) is 12.6. The number of hydrogen-bond donors (Lipinski definition) is 0. The highest BCUT2D eigenvalue weighted by atomic mass is 79.9. The van der Waals surface area contributed by atoms with E-state index in [4.69, 9.17) is 0 Å². The Morgan fingerprint density at radius 3 is 2.32 bits per heavy atom. The number of halogens is 1. The number of benzene rings is 4. The van der Waals surface area contributed by atoms with Crippen molar-refractivity contribution < 1.29 is 0 Å². The minimum atomic E-state index is 1.14. The SMILES string of the molecule is Brc1ccc2sc3c4cc5ccccc5cc4ccc3c2c1. The molecule has 0 fully saturated rings. The normalized spacial score (nSPS) is 11.9. The van der Waals surface area contributed by atoms with Crippen LogP contribution in [0, 0.1) is 0 Å². The molecule has 0 spiro atoms. The molecular weight excluding hydrogens is 352 g/mol. The highest BCUT2D eigenvalue weighted by Crippen LogP contribution is 2.40. The lowest BCUT2D eigenvalue weighted by molar-refractivity contribution is 1.77. The van der Waals surface area contributed by atoms with Crippen LogP contribution in [0.5, 0.6) is 0 Å². The van der Waals surface area contributed by atoms with Crippen molar-refractivity contribution in [1.29, 1.82) is 0 Å². The molecule has 5 rings (SSSR count). The molecule has 0 aliphatic heterocycles. The van der Waals surface area contributed by atoms with Gasteiger partial charge in [0.05, 0.1) is 0 Å². The van der Waals surface area contributed by atoms with Gasteiger partial charge in [-0.15, -0.1) is 11.3 Å². The highest BCUT2D eigenvalue weighted by Gasteiger charge is 2.09. The van der Waals surface area contributed by atoms with Gasteiger partial charge in [0.25, 0.3) is 0 Å². The summed E-state index contributed by atoms with van der Waals surface area (Å²) in [6.07, 6.45) is 0. The van der Waals surface area contributed by atoms with Crippen LogP contribution in [-0.4, -0.2) is 0 Å². The summed E-state index contributed by atoms with van der Waals surface area (Å²) in [4.78, 5) is 0. The smallest absolute Gasteiger partial charge is 0.0434 e. The van der Waals surface area contributed by atoms with Crippen molar-refractivity contribution in [1.82, 2.24) is 0 Å². The molecule has 22 heavy (non-hydrogen) atoms. The van der Waals surface area contributed by atoms with E-state index < -0.39 is 0 Å². The van der Waals surface area contributed by atoms with Gasteiger partial charge in [-0.05, 0) is 46.5 Å². The summed E-state index contributed by atoms with van der Waals surface area (Å²) in [7, 11) is 0. The summed E-state index contributed by atoms with van der Waals surface area (Å²) in [6.45, 7) is 0. The van der Waals surface area contributed by atoms with Crippen LogP contribution in [0.15, 0.2) is 71.2 Å². The maximum absolute atomic E-state index is 3.59. The van der Waals surface area contributed by atoms with Gasteiger partial charge in [0, 0.05) is 30.0 Å². The van der Waals surface area contributed by atoms with E-state index in [1.807, 2.05) is 11.3 Å². The molecule has 1 aromatic heterocycles. The van der Waals surface area contributed by atoms with Crippen molar-refractivity contribution in [3.05, 3.63) is 71.2 Å². The second-order valence-corrected chi connectivity index (χ2v) is 7.57. The Balaban J connectivity index is 2.02. The maximum Gasteiger partial charge on any atom is 0.0434 e. The van der Waals surface area contributed by atoms with Gasteiger partial charge in [-0.3, -0.25) is 0 Å². The minimum absolute atomic E-state index is 1.14. The highest BCUT2D eigenvalue weighted by molar-refractivity contribution is 9.10. The zero-order valence-electron chi connectivity index (χ0n) is 11.6. The van der Waals surface area contributed by atoms with Crippen molar-refractivity contribution >= 4 is 69.0 Å². The first-order valence-electron chi connectivity index (χ1n) is 7.23. The zero-order chi connectivity index (χ0) is 14.7. The van der Waals surface area contributed by atoms with Crippen LogP contribution >= 0.6 is 27.3 Å². The topological polar surface area (TPSA) is 0 Å². The van der Waals surface area contributed by atoms with Crippen molar-refractivity contribution in [2.45, 2.75) is 0 Å². The van der Waals surface area contributed by atoms with Crippen LogP contribution in [0.2, 0.25) is 0 Å². The molecule has 0 saturated carbocycles. The first-order valence-corrected chi connectivity index (χ1v) is 8.84. The molecule has 0 aliphatic rings. The average molecular weight is 363 g/mol. The van der Waals surface area contributed by atoms with Crippen LogP contribution in [-0.2, 0) is 0 Å². The van der Waals surface area contributed by atoms with Gasteiger partial charge in [0.15, 0.2) is 0 Å². The van der Waals surface area contributed by atoms with E-state index >= 15 is 0 Å². The minimum Gasteiger partial charge on any atom is -0.135 e. The van der Waals surface area contributed by atoms with Crippen LogP contribution in [0.4, 0.5) is 0 Å².